The Kier molecular flexibility index (Phi) is 11.4. The van der Waals surface area contributed by atoms with Crippen LogP contribution in [0.1, 0.15) is 89.3 Å². The topological polar surface area (TPSA) is 114 Å². The van der Waals surface area contributed by atoms with E-state index in [1.165, 1.54) is 62.1 Å². The minimum absolute atomic E-state index is 0.117. The summed E-state index contributed by atoms with van der Waals surface area (Å²) in [5.74, 6) is 0. The van der Waals surface area contributed by atoms with Crippen molar-refractivity contribution in [1.29, 1.82) is 0 Å². The number of aromatic nitrogens is 2. The number of aromatic amines is 1. The summed E-state index contributed by atoms with van der Waals surface area (Å²) >= 11 is 0. The molecule has 1 aliphatic rings. The molecule has 0 radical (unpaired) electrons. The van der Waals surface area contributed by atoms with Crippen LogP contribution in [0.15, 0.2) is 15.8 Å². The maximum absolute atomic E-state index is 12.1. The summed E-state index contributed by atoms with van der Waals surface area (Å²) in [6.07, 6.45) is 11.8. The molecule has 1 fully saturated rings. The first-order chi connectivity index (χ1) is 14.6. The number of hydrogen-bond acceptors (Lipinski definition) is 6. The van der Waals surface area contributed by atoms with Crippen LogP contribution in [-0.4, -0.2) is 45.2 Å². The van der Waals surface area contributed by atoms with Gasteiger partial charge in [0.15, 0.2) is 0 Å². The lowest BCUT2D eigenvalue weighted by atomic mass is 10.1. The number of nitrogens with one attached hydrogen (secondary N) is 1. The van der Waals surface area contributed by atoms with Crippen LogP contribution in [0.2, 0.25) is 0 Å². The van der Waals surface area contributed by atoms with E-state index in [9.17, 15) is 19.8 Å². The highest BCUT2D eigenvalue weighted by atomic mass is 16.5. The number of ether oxygens (including phenoxy) is 2. The van der Waals surface area contributed by atoms with Crippen molar-refractivity contribution in [2.24, 2.45) is 0 Å². The maximum Gasteiger partial charge on any atom is 0.330 e. The molecule has 0 aromatic carbocycles. The molecule has 2 heterocycles. The molecule has 1 saturated heterocycles. The highest BCUT2D eigenvalue weighted by Gasteiger charge is 2.35. The Hall–Kier alpha value is -1.48. The average molecular weight is 427 g/mol. The Labute approximate surface area is 178 Å². The molecule has 8 heteroatoms. The van der Waals surface area contributed by atoms with Crippen LogP contribution in [0.4, 0.5) is 0 Å². The van der Waals surface area contributed by atoms with Gasteiger partial charge in [-0.25, -0.2) is 4.79 Å². The van der Waals surface area contributed by atoms with Crippen molar-refractivity contribution in [3.63, 3.8) is 0 Å². The number of nitrogens with zero attached hydrogens (tertiary/aromatic N) is 1. The normalized spacial score (nSPS) is 21.4. The van der Waals surface area contributed by atoms with Crippen LogP contribution in [0.25, 0.3) is 0 Å². The molecule has 30 heavy (non-hydrogen) atoms. The monoisotopic (exact) mass is 426 g/mol. The van der Waals surface area contributed by atoms with Crippen molar-refractivity contribution in [2.75, 3.05) is 13.2 Å². The first-order valence-corrected chi connectivity index (χ1v) is 11.4. The first-order valence-electron chi connectivity index (χ1n) is 11.4. The van der Waals surface area contributed by atoms with Gasteiger partial charge in [0, 0.05) is 19.2 Å². The van der Waals surface area contributed by atoms with Crippen molar-refractivity contribution in [3.8, 4) is 0 Å². The minimum Gasteiger partial charge on any atom is -0.394 e. The molecule has 8 nitrogen and oxygen atoms in total. The van der Waals surface area contributed by atoms with Gasteiger partial charge in [-0.1, -0.05) is 64.7 Å². The molecule has 0 saturated carbocycles. The van der Waals surface area contributed by atoms with Crippen molar-refractivity contribution < 1.29 is 19.7 Å². The van der Waals surface area contributed by atoms with E-state index < -0.39 is 29.7 Å². The van der Waals surface area contributed by atoms with Crippen LogP contribution >= 0.6 is 0 Å². The van der Waals surface area contributed by atoms with Crippen LogP contribution in [0, 0.1) is 0 Å². The van der Waals surface area contributed by atoms with Gasteiger partial charge in [0.1, 0.15) is 12.3 Å². The van der Waals surface area contributed by atoms with Crippen molar-refractivity contribution in [1.82, 2.24) is 9.55 Å². The van der Waals surface area contributed by atoms with E-state index >= 15 is 0 Å². The zero-order valence-electron chi connectivity index (χ0n) is 18.2. The van der Waals surface area contributed by atoms with E-state index in [1.54, 1.807) is 0 Å². The van der Waals surface area contributed by atoms with E-state index in [0.717, 1.165) is 12.8 Å². The fraction of sp³-hybridized carbons (Fsp3) is 0.818. The molecule has 1 unspecified atom stereocenters. The van der Waals surface area contributed by atoms with Crippen LogP contribution in [0.5, 0.6) is 0 Å². The largest absolute Gasteiger partial charge is 0.394 e. The summed E-state index contributed by atoms with van der Waals surface area (Å²) < 4.78 is 12.4. The van der Waals surface area contributed by atoms with Crippen molar-refractivity contribution in [2.45, 2.75) is 103 Å². The van der Waals surface area contributed by atoms with Gasteiger partial charge in [0.2, 0.25) is 0 Å². The molecule has 3 atom stereocenters. The van der Waals surface area contributed by atoms with Gasteiger partial charge in [-0.3, -0.25) is 14.3 Å². The maximum atomic E-state index is 12.1. The molecule has 172 valence electrons. The summed E-state index contributed by atoms with van der Waals surface area (Å²) in [5, 5.41) is 19.1. The zero-order chi connectivity index (χ0) is 21.8. The third kappa shape index (κ3) is 7.98. The van der Waals surface area contributed by atoms with E-state index in [-0.39, 0.29) is 19.6 Å². The second-order valence-corrected chi connectivity index (χ2v) is 8.17. The molecule has 0 bridgehead atoms. The van der Waals surface area contributed by atoms with Gasteiger partial charge in [0.25, 0.3) is 5.56 Å². The molecule has 1 aliphatic heterocycles. The molecule has 1 aromatic rings. The first kappa shape index (κ1) is 24.8. The number of H-pyrrole nitrogens is 1. The number of hydrogen-bond donors (Lipinski definition) is 3. The zero-order valence-corrected chi connectivity index (χ0v) is 18.2. The van der Waals surface area contributed by atoms with Gasteiger partial charge in [0.05, 0.1) is 24.9 Å². The molecular formula is C22H38N2O6. The Morgan fingerprint density at radius 2 is 1.73 bits per heavy atom. The fourth-order valence-corrected chi connectivity index (χ4v) is 3.77. The molecule has 0 amide bonds. The third-order valence-corrected chi connectivity index (χ3v) is 5.64. The lowest BCUT2D eigenvalue weighted by Gasteiger charge is -2.15. The summed E-state index contributed by atoms with van der Waals surface area (Å²) in [7, 11) is 0. The number of aliphatic hydroxyl groups excluding tert-OH is 2. The van der Waals surface area contributed by atoms with Gasteiger partial charge < -0.3 is 19.7 Å². The highest BCUT2D eigenvalue weighted by Crippen LogP contribution is 2.27. The number of rotatable bonds is 15. The fourth-order valence-electron chi connectivity index (χ4n) is 3.77. The molecular weight excluding hydrogens is 388 g/mol. The highest BCUT2D eigenvalue weighted by molar-refractivity contribution is 5.04. The van der Waals surface area contributed by atoms with E-state index in [0.29, 0.717) is 12.2 Å². The standard InChI is InChI=1S/C22H38N2O6/c1-2-3-4-5-6-7-8-9-10-11-12-29-16-17-14-24(22(28)23-21(17)27)20-13-18(26)19(15-25)30-20/h14,18-20,25-26H,2-13,15-16H2,1H3,(H,23,27,28)/t18?,19-,20-/m0/s1. The molecule has 1 aromatic heterocycles. The lowest BCUT2D eigenvalue weighted by Crippen LogP contribution is -2.34. The molecule has 2 rings (SSSR count). The molecule has 0 aliphatic carbocycles. The Balaban J connectivity index is 1.67. The van der Waals surface area contributed by atoms with E-state index in [2.05, 4.69) is 11.9 Å². The van der Waals surface area contributed by atoms with Crippen LogP contribution in [0.3, 0.4) is 0 Å². The average Bonchev–Trinajstić information content (AvgIpc) is 3.10. The summed E-state index contributed by atoms with van der Waals surface area (Å²) in [5.41, 5.74) is -0.738. The Morgan fingerprint density at radius 1 is 1.10 bits per heavy atom. The summed E-state index contributed by atoms with van der Waals surface area (Å²) in [6, 6.07) is 0. The van der Waals surface area contributed by atoms with Crippen LogP contribution in [-0.2, 0) is 16.1 Å². The third-order valence-electron chi connectivity index (χ3n) is 5.64. The lowest BCUT2D eigenvalue weighted by molar-refractivity contribution is -0.0461. The smallest absolute Gasteiger partial charge is 0.330 e. The second-order valence-electron chi connectivity index (χ2n) is 8.17. The van der Waals surface area contributed by atoms with Gasteiger partial charge >= 0.3 is 5.69 Å². The Bertz CT molecular complexity index is 716. The van der Waals surface area contributed by atoms with Gasteiger partial charge in [-0.2, -0.15) is 0 Å². The molecule has 3 N–H and O–H groups in total. The summed E-state index contributed by atoms with van der Waals surface area (Å²) in [6.45, 7) is 2.59. The van der Waals surface area contributed by atoms with Crippen molar-refractivity contribution in [3.05, 3.63) is 32.6 Å². The molecule has 0 spiro atoms. The van der Waals surface area contributed by atoms with E-state index in [1.807, 2.05) is 0 Å². The number of aliphatic hydroxyl groups is 2. The van der Waals surface area contributed by atoms with Crippen LogP contribution < -0.4 is 11.2 Å². The Morgan fingerprint density at radius 3 is 2.33 bits per heavy atom. The summed E-state index contributed by atoms with van der Waals surface area (Å²) in [4.78, 5) is 26.4. The van der Waals surface area contributed by atoms with Gasteiger partial charge in [-0.15, -0.1) is 0 Å². The van der Waals surface area contributed by atoms with Gasteiger partial charge in [-0.05, 0) is 6.42 Å². The predicted molar refractivity (Wildman–Crippen MR) is 114 cm³/mol. The quantitative estimate of drug-likeness (QED) is 0.372. The number of unbranched alkanes of at least 4 members (excludes halogenated alkanes) is 9. The predicted octanol–water partition coefficient (Wildman–Crippen LogP) is 2.61. The minimum atomic E-state index is -0.852. The second kappa shape index (κ2) is 13.7. The van der Waals surface area contributed by atoms with E-state index in [4.69, 9.17) is 9.47 Å². The SMILES string of the molecule is CCCCCCCCCCCCOCc1cn([C@@H]2CC(O)[C@H](CO)O2)c(=O)[nH]c1=O. The van der Waals surface area contributed by atoms with Crippen molar-refractivity contribution >= 4 is 0 Å².